The third-order valence-corrected chi connectivity index (χ3v) is 6.30. The monoisotopic (exact) mass is 395 g/mol. The summed E-state index contributed by atoms with van der Waals surface area (Å²) in [6, 6.07) is 5.15. The van der Waals surface area contributed by atoms with Gasteiger partial charge in [0.25, 0.3) is 10.0 Å². The van der Waals surface area contributed by atoms with E-state index < -0.39 is 10.0 Å². The summed E-state index contributed by atoms with van der Waals surface area (Å²) in [6.45, 7) is 2.94. The molecule has 2 amide bonds. The van der Waals surface area contributed by atoms with Crippen LogP contribution in [0.1, 0.15) is 12.2 Å². The molecule has 1 aromatic carbocycles. The second-order valence-electron chi connectivity index (χ2n) is 6.42. The van der Waals surface area contributed by atoms with Gasteiger partial charge in [-0.05, 0) is 37.6 Å². The van der Waals surface area contributed by atoms with Crippen LogP contribution in [0.15, 0.2) is 35.5 Å². The fourth-order valence-electron chi connectivity index (χ4n) is 2.86. The minimum atomic E-state index is -3.70. The standard InChI is InChI=1S/C17H22FN5O3S/c1-13-19-16(12-21(13)2)27(25,26)23-9-3-8-22(10-11-23)17(24)20-15-6-4-14(18)5-7-15/h4-7,12H,3,8-11H2,1-2H3,(H,20,24). The highest BCUT2D eigenvalue weighted by Gasteiger charge is 2.30. The predicted octanol–water partition coefficient (Wildman–Crippen LogP) is 1.80. The van der Waals surface area contributed by atoms with Crippen LogP contribution < -0.4 is 5.32 Å². The van der Waals surface area contributed by atoms with E-state index in [2.05, 4.69) is 10.3 Å². The highest BCUT2D eigenvalue weighted by atomic mass is 32.2. The molecule has 0 saturated carbocycles. The molecule has 27 heavy (non-hydrogen) atoms. The third kappa shape index (κ3) is 4.28. The Morgan fingerprint density at radius 2 is 1.85 bits per heavy atom. The smallest absolute Gasteiger partial charge is 0.321 e. The molecule has 0 spiro atoms. The molecule has 2 aromatic rings. The molecule has 0 aliphatic carbocycles. The first-order chi connectivity index (χ1) is 12.8. The lowest BCUT2D eigenvalue weighted by Crippen LogP contribution is -2.39. The minimum Gasteiger partial charge on any atom is -0.337 e. The number of anilines is 1. The maximum Gasteiger partial charge on any atom is 0.321 e. The van der Waals surface area contributed by atoms with Crippen molar-refractivity contribution in [1.82, 2.24) is 18.8 Å². The number of amides is 2. The molecule has 3 rings (SSSR count). The molecule has 1 N–H and O–H groups in total. The predicted molar refractivity (Wildman–Crippen MR) is 98.3 cm³/mol. The Morgan fingerprint density at radius 3 is 2.48 bits per heavy atom. The van der Waals surface area contributed by atoms with Crippen molar-refractivity contribution in [2.75, 3.05) is 31.5 Å². The molecule has 2 heterocycles. The van der Waals surface area contributed by atoms with Crippen molar-refractivity contribution >= 4 is 21.7 Å². The van der Waals surface area contributed by atoms with Crippen molar-refractivity contribution in [1.29, 1.82) is 0 Å². The molecule has 1 aliphatic heterocycles. The van der Waals surface area contributed by atoms with Crippen LogP contribution in [0.2, 0.25) is 0 Å². The topological polar surface area (TPSA) is 87.5 Å². The van der Waals surface area contributed by atoms with Crippen LogP contribution >= 0.6 is 0 Å². The fraction of sp³-hybridized carbons (Fsp3) is 0.412. The first-order valence-electron chi connectivity index (χ1n) is 8.59. The summed E-state index contributed by atoms with van der Waals surface area (Å²) in [5.74, 6) is 0.233. The van der Waals surface area contributed by atoms with Crippen molar-refractivity contribution in [2.24, 2.45) is 7.05 Å². The molecule has 1 aliphatic rings. The van der Waals surface area contributed by atoms with E-state index in [1.54, 1.807) is 23.4 Å². The van der Waals surface area contributed by atoms with E-state index >= 15 is 0 Å². The molecule has 0 bridgehead atoms. The maximum absolute atomic E-state index is 13.0. The molecule has 8 nitrogen and oxygen atoms in total. The van der Waals surface area contributed by atoms with Crippen LogP contribution in [0.4, 0.5) is 14.9 Å². The first-order valence-corrected chi connectivity index (χ1v) is 10.0. The van der Waals surface area contributed by atoms with Crippen molar-refractivity contribution in [3.05, 3.63) is 42.1 Å². The van der Waals surface area contributed by atoms with E-state index in [-0.39, 0.29) is 30.0 Å². The molecule has 0 unspecified atom stereocenters. The van der Waals surface area contributed by atoms with E-state index in [0.717, 1.165) is 0 Å². The van der Waals surface area contributed by atoms with Crippen molar-refractivity contribution in [3.8, 4) is 0 Å². The number of aryl methyl sites for hydroxylation is 2. The number of hydrogen-bond acceptors (Lipinski definition) is 4. The van der Waals surface area contributed by atoms with E-state index in [1.165, 1.54) is 34.8 Å². The van der Waals surface area contributed by atoms with E-state index in [4.69, 9.17) is 0 Å². The summed E-state index contributed by atoms with van der Waals surface area (Å²) in [5.41, 5.74) is 0.485. The number of imidazole rings is 1. The van der Waals surface area contributed by atoms with Crippen LogP contribution in [0, 0.1) is 12.7 Å². The number of aromatic nitrogens is 2. The molecule has 1 aromatic heterocycles. The van der Waals surface area contributed by atoms with Crippen LogP contribution in [-0.2, 0) is 17.1 Å². The van der Waals surface area contributed by atoms with Gasteiger partial charge in [-0.25, -0.2) is 22.6 Å². The summed E-state index contributed by atoms with van der Waals surface area (Å²) in [5, 5.41) is 2.72. The van der Waals surface area contributed by atoms with Crippen molar-refractivity contribution in [3.63, 3.8) is 0 Å². The van der Waals surface area contributed by atoms with Gasteiger partial charge >= 0.3 is 6.03 Å². The number of benzene rings is 1. The number of rotatable bonds is 3. The van der Waals surface area contributed by atoms with Gasteiger partial charge in [0.2, 0.25) is 0 Å². The lowest BCUT2D eigenvalue weighted by atomic mass is 10.3. The Morgan fingerprint density at radius 1 is 1.15 bits per heavy atom. The largest absolute Gasteiger partial charge is 0.337 e. The molecular weight excluding hydrogens is 373 g/mol. The Labute approximate surface area is 157 Å². The highest BCUT2D eigenvalue weighted by molar-refractivity contribution is 7.89. The lowest BCUT2D eigenvalue weighted by Gasteiger charge is -2.21. The zero-order valence-corrected chi connectivity index (χ0v) is 16.0. The average molecular weight is 395 g/mol. The van der Waals surface area contributed by atoms with Gasteiger partial charge in [0.05, 0.1) is 0 Å². The fourth-order valence-corrected chi connectivity index (χ4v) is 4.35. The molecular formula is C17H22FN5O3S. The first kappa shape index (κ1) is 19.3. The molecule has 0 atom stereocenters. The molecule has 146 valence electrons. The van der Waals surface area contributed by atoms with E-state index in [1.807, 2.05) is 0 Å². The Balaban J connectivity index is 1.66. The van der Waals surface area contributed by atoms with Crippen LogP contribution in [0.25, 0.3) is 0 Å². The maximum atomic E-state index is 13.0. The summed E-state index contributed by atoms with van der Waals surface area (Å²) >= 11 is 0. The SMILES string of the molecule is Cc1nc(S(=O)(=O)N2CCCN(C(=O)Nc3ccc(F)cc3)CC2)cn1C. The second kappa shape index (κ2) is 7.65. The minimum absolute atomic E-state index is 0.0201. The summed E-state index contributed by atoms with van der Waals surface area (Å²) in [6.07, 6.45) is 2.01. The number of hydrogen-bond donors (Lipinski definition) is 1. The normalized spacial score (nSPS) is 16.2. The Bertz CT molecular complexity index is 907. The third-order valence-electron chi connectivity index (χ3n) is 4.53. The number of carbonyl (C=O) groups is 1. The summed E-state index contributed by atoms with van der Waals surface area (Å²) in [7, 11) is -1.96. The Kier molecular flexibility index (Phi) is 5.47. The number of nitrogens with zero attached hydrogens (tertiary/aromatic N) is 4. The van der Waals surface area contributed by atoms with Gasteiger partial charge in [0, 0.05) is 45.1 Å². The van der Waals surface area contributed by atoms with Gasteiger partial charge in [-0.3, -0.25) is 0 Å². The summed E-state index contributed by atoms with van der Waals surface area (Å²) < 4.78 is 41.6. The van der Waals surface area contributed by atoms with Gasteiger partial charge in [-0.15, -0.1) is 0 Å². The molecule has 1 saturated heterocycles. The average Bonchev–Trinajstić information content (AvgIpc) is 2.84. The molecule has 0 radical (unpaired) electrons. The van der Waals surface area contributed by atoms with Gasteiger partial charge < -0.3 is 14.8 Å². The van der Waals surface area contributed by atoms with E-state index in [0.29, 0.717) is 31.0 Å². The van der Waals surface area contributed by atoms with Crippen LogP contribution in [0.5, 0.6) is 0 Å². The number of halogens is 1. The van der Waals surface area contributed by atoms with Gasteiger partial charge in [-0.1, -0.05) is 0 Å². The zero-order chi connectivity index (χ0) is 19.6. The van der Waals surface area contributed by atoms with E-state index in [9.17, 15) is 17.6 Å². The number of nitrogens with one attached hydrogen (secondary N) is 1. The van der Waals surface area contributed by atoms with Gasteiger partial charge in [-0.2, -0.15) is 4.31 Å². The number of urea groups is 1. The van der Waals surface area contributed by atoms with Crippen molar-refractivity contribution in [2.45, 2.75) is 18.4 Å². The number of carbonyl (C=O) groups excluding carboxylic acids is 1. The number of sulfonamides is 1. The Hall–Kier alpha value is -2.46. The lowest BCUT2D eigenvalue weighted by molar-refractivity contribution is 0.214. The molecule has 1 fully saturated rings. The van der Waals surface area contributed by atoms with Gasteiger partial charge in [0.15, 0.2) is 5.03 Å². The summed E-state index contributed by atoms with van der Waals surface area (Å²) in [4.78, 5) is 18.1. The van der Waals surface area contributed by atoms with Crippen LogP contribution in [-0.4, -0.2) is 59.4 Å². The second-order valence-corrected chi connectivity index (χ2v) is 8.30. The van der Waals surface area contributed by atoms with Gasteiger partial charge in [0.1, 0.15) is 11.6 Å². The highest BCUT2D eigenvalue weighted by Crippen LogP contribution is 2.18. The quantitative estimate of drug-likeness (QED) is 0.858. The van der Waals surface area contributed by atoms with Crippen LogP contribution in [0.3, 0.4) is 0 Å². The zero-order valence-electron chi connectivity index (χ0n) is 15.2. The molecule has 10 heteroatoms. The van der Waals surface area contributed by atoms with Crippen molar-refractivity contribution < 1.29 is 17.6 Å².